The first kappa shape index (κ1) is 14.7. The van der Waals surface area contributed by atoms with Gasteiger partial charge in [0.15, 0.2) is 0 Å². The van der Waals surface area contributed by atoms with Gasteiger partial charge in [0, 0.05) is 25.4 Å². The zero-order chi connectivity index (χ0) is 13.9. The third-order valence-corrected chi connectivity index (χ3v) is 4.70. The first-order chi connectivity index (χ1) is 8.94. The van der Waals surface area contributed by atoms with Crippen molar-refractivity contribution in [2.45, 2.75) is 25.7 Å². The molecule has 110 valence electrons. The van der Waals surface area contributed by atoms with Gasteiger partial charge in [0.2, 0.25) is 5.91 Å². The summed E-state index contributed by atoms with van der Waals surface area (Å²) in [5.74, 6) is -0.953. The fraction of sp³-hybridized carbons (Fsp3) is 0.917. The summed E-state index contributed by atoms with van der Waals surface area (Å²) < 4.78 is 33.8. The van der Waals surface area contributed by atoms with Crippen molar-refractivity contribution in [1.29, 1.82) is 0 Å². The van der Waals surface area contributed by atoms with E-state index in [2.05, 4.69) is 4.90 Å². The van der Waals surface area contributed by atoms with E-state index in [0.29, 0.717) is 13.1 Å². The van der Waals surface area contributed by atoms with Gasteiger partial charge in [-0.3, -0.25) is 4.79 Å². The van der Waals surface area contributed by atoms with Crippen LogP contribution in [0.3, 0.4) is 0 Å². The summed E-state index contributed by atoms with van der Waals surface area (Å²) in [6.07, 6.45) is 3.56. The zero-order valence-corrected chi connectivity index (χ0v) is 11.9. The van der Waals surface area contributed by atoms with Crippen LogP contribution in [0.15, 0.2) is 0 Å². The standard InChI is InChI=1S/C12H21FN2O3S/c13-19(17,18)10-11-8-12(16)15(9-11)7-3-6-14-4-1-2-5-14/h11H,1-10H2. The Hall–Kier alpha value is -0.690. The third-order valence-electron chi connectivity index (χ3n) is 3.83. The van der Waals surface area contributed by atoms with Crippen LogP contribution in [0.5, 0.6) is 0 Å². The molecule has 7 heteroatoms. The summed E-state index contributed by atoms with van der Waals surface area (Å²) in [7, 11) is -4.48. The molecule has 0 aliphatic carbocycles. The number of carbonyl (C=O) groups is 1. The minimum atomic E-state index is -4.48. The molecule has 0 bridgehead atoms. The topological polar surface area (TPSA) is 57.7 Å². The number of hydrogen-bond acceptors (Lipinski definition) is 4. The Morgan fingerprint density at radius 2 is 1.89 bits per heavy atom. The highest BCUT2D eigenvalue weighted by Crippen LogP contribution is 2.20. The molecule has 2 aliphatic rings. The van der Waals surface area contributed by atoms with Gasteiger partial charge in [-0.15, -0.1) is 3.89 Å². The lowest BCUT2D eigenvalue weighted by atomic mass is 10.1. The number of nitrogens with zero attached hydrogens (tertiary/aromatic N) is 2. The first-order valence-corrected chi connectivity index (χ1v) is 8.42. The van der Waals surface area contributed by atoms with Crippen molar-refractivity contribution >= 4 is 16.1 Å². The summed E-state index contributed by atoms with van der Waals surface area (Å²) in [5.41, 5.74) is 0. The highest BCUT2D eigenvalue weighted by Gasteiger charge is 2.32. The SMILES string of the molecule is O=C1CC(CS(=O)(=O)F)CN1CCCN1CCCC1. The maximum Gasteiger partial charge on any atom is 0.302 e. The lowest BCUT2D eigenvalue weighted by molar-refractivity contribution is -0.127. The van der Waals surface area contributed by atoms with E-state index in [0.717, 1.165) is 26.1 Å². The molecule has 1 atom stereocenters. The molecule has 0 aromatic heterocycles. The molecule has 0 radical (unpaired) electrons. The Morgan fingerprint density at radius 3 is 2.53 bits per heavy atom. The number of hydrogen-bond donors (Lipinski definition) is 0. The van der Waals surface area contributed by atoms with Crippen LogP contribution < -0.4 is 0 Å². The van der Waals surface area contributed by atoms with E-state index in [-0.39, 0.29) is 18.2 Å². The quantitative estimate of drug-likeness (QED) is 0.674. The van der Waals surface area contributed by atoms with Crippen LogP contribution in [0, 0.1) is 5.92 Å². The molecule has 0 spiro atoms. The molecule has 0 saturated carbocycles. The van der Waals surface area contributed by atoms with Crippen molar-refractivity contribution in [2.24, 2.45) is 5.92 Å². The van der Waals surface area contributed by atoms with Crippen molar-refractivity contribution in [3.8, 4) is 0 Å². The summed E-state index contributed by atoms with van der Waals surface area (Å²) in [5, 5.41) is 0. The molecule has 1 amide bonds. The molecule has 2 aliphatic heterocycles. The fourth-order valence-electron chi connectivity index (χ4n) is 2.95. The van der Waals surface area contributed by atoms with E-state index >= 15 is 0 Å². The van der Waals surface area contributed by atoms with Crippen molar-refractivity contribution in [1.82, 2.24) is 9.80 Å². The Morgan fingerprint density at radius 1 is 1.21 bits per heavy atom. The Labute approximate surface area is 114 Å². The molecule has 5 nitrogen and oxygen atoms in total. The van der Waals surface area contributed by atoms with Crippen molar-refractivity contribution in [3.63, 3.8) is 0 Å². The van der Waals surface area contributed by atoms with Gasteiger partial charge >= 0.3 is 10.2 Å². The molecule has 0 aromatic rings. The maximum atomic E-state index is 12.6. The lowest BCUT2D eigenvalue weighted by Crippen LogP contribution is -2.30. The maximum absolute atomic E-state index is 12.6. The summed E-state index contributed by atoms with van der Waals surface area (Å²) in [4.78, 5) is 15.7. The second-order valence-electron chi connectivity index (χ2n) is 5.52. The van der Waals surface area contributed by atoms with Gasteiger partial charge in [-0.1, -0.05) is 0 Å². The number of likely N-dealkylation sites (tertiary alicyclic amines) is 2. The number of rotatable bonds is 6. The Balaban J connectivity index is 1.70. The average molecular weight is 292 g/mol. The van der Waals surface area contributed by atoms with E-state index in [1.165, 1.54) is 12.8 Å². The predicted molar refractivity (Wildman–Crippen MR) is 69.9 cm³/mol. The van der Waals surface area contributed by atoms with Crippen LogP contribution in [-0.4, -0.2) is 62.6 Å². The second-order valence-corrected chi connectivity index (χ2v) is 6.93. The van der Waals surface area contributed by atoms with Crippen molar-refractivity contribution in [2.75, 3.05) is 38.5 Å². The van der Waals surface area contributed by atoms with Crippen molar-refractivity contribution in [3.05, 3.63) is 0 Å². The van der Waals surface area contributed by atoms with Gasteiger partial charge in [0.1, 0.15) is 0 Å². The fourth-order valence-corrected chi connectivity index (χ4v) is 3.74. The third kappa shape index (κ3) is 4.72. The number of amides is 1. The molecule has 2 rings (SSSR count). The molecule has 19 heavy (non-hydrogen) atoms. The smallest absolute Gasteiger partial charge is 0.302 e. The number of halogens is 1. The lowest BCUT2D eigenvalue weighted by Gasteiger charge is -2.19. The number of carbonyl (C=O) groups excluding carboxylic acids is 1. The molecular formula is C12H21FN2O3S. The van der Waals surface area contributed by atoms with Gasteiger partial charge in [0.05, 0.1) is 5.75 Å². The summed E-state index contributed by atoms with van der Waals surface area (Å²) >= 11 is 0. The van der Waals surface area contributed by atoms with E-state index in [9.17, 15) is 17.1 Å². The van der Waals surface area contributed by atoms with Crippen LogP contribution in [-0.2, 0) is 15.0 Å². The second kappa shape index (κ2) is 6.17. The first-order valence-electron chi connectivity index (χ1n) is 6.86. The minimum absolute atomic E-state index is 0.0462. The van der Waals surface area contributed by atoms with Gasteiger partial charge in [-0.25, -0.2) is 0 Å². The van der Waals surface area contributed by atoms with Crippen molar-refractivity contribution < 1.29 is 17.1 Å². The van der Waals surface area contributed by atoms with Gasteiger partial charge in [-0.2, -0.15) is 8.42 Å². The predicted octanol–water partition coefficient (Wildman–Crippen LogP) is 0.620. The van der Waals surface area contributed by atoms with E-state index in [1.807, 2.05) is 0 Å². The normalized spacial score (nSPS) is 25.4. The van der Waals surface area contributed by atoms with Crippen LogP contribution in [0.4, 0.5) is 3.89 Å². The highest BCUT2D eigenvalue weighted by atomic mass is 32.3. The van der Waals surface area contributed by atoms with Crippen LogP contribution in [0.25, 0.3) is 0 Å². The Bertz CT molecular complexity index is 421. The van der Waals surface area contributed by atoms with E-state index < -0.39 is 16.0 Å². The van der Waals surface area contributed by atoms with E-state index in [4.69, 9.17) is 0 Å². The monoisotopic (exact) mass is 292 g/mol. The summed E-state index contributed by atoms with van der Waals surface area (Å²) in [6.45, 7) is 4.28. The van der Waals surface area contributed by atoms with Gasteiger partial charge in [0.25, 0.3) is 0 Å². The largest absolute Gasteiger partial charge is 0.342 e. The summed E-state index contributed by atoms with van der Waals surface area (Å²) in [6, 6.07) is 0. The minimum Gasteiger partial charge on any atom is -0.342 e. The van der Waals surface area contributed by atoms with Crippen LogP contribution in [0.2, 0.25) is 0 Å². The Kier molecular flexibility index (Phi) is 4.78. The molecule has 0 N–H and O–H groups in total. The average Bonchev–Trinajstić information content (AvgIpc) is 2.87. The zero-order valence-electron chi connectivity index (χ0n) is 11.1. The molecule has 2 heterocycles. The van der Waals surface area contributed by atoms with E-state index in [1.54, 1.807) is 4.90 Å². The highest BCUT2D eigenvalue weighted by molar-refractivity contribution is 7.86. The molecule has 2 fully saturated rings. The van der Waals surface area contributed by atoms with Gasteiger partial charge in [-0.05, 0) is 38.9 Å². The molecular weight excluding hydrogens is 271 g/mol. The van der Waals surface area contributed by atoms with Gasteiger partial charge < -0.3 is 9.80 Å². The molecule has 1 unspecified atom stereocenters. The molecule has 2 saturated heterocycles. The van der Waals surface area contributed by atoms with Crippen LogP contribution in [0.1, 0.15) is 25.7 Å². The van der Waals surface area contributed by atoms with Crippen LogP contribution >= 0.6 is 0 Å². The molecule has 0 aromatic carbocycles.